The van der Waals surface area contributed by atoms with Crippen LogP contribution < -0.4 is 0 Å². The summed E-state index contributed by atoms with van der Waals surface area (Å²) in [5, 5.41) is 9.55. The quantitative estimate of drug-likeness (QED) is 0.617. The summed E-state index contributed by atoms with van der Waals surface area (Å²) in [5.41, 5.74) is 0. The van der Waals surface area contributed by atoms with E-state index >= 15 is 0 Å². The Labute approximate surface area is 68.6 Å². The smallest absolute Gasteiger partial charge is 0.125 e. The van der Waals surface area contributed by atoms with Crippen molar-refractivity contribution in [1.29, 1.82) is 0 Å². The number of rotatable bonds is 5. The third-order valence-electron chi connectivity index (χ3n) is 2.31. The van der Waals surface area contributed by atoms with Crippen molar-refractivity contribution in [2.24, 2.45) is 11.8 Å². The molecule has 0 saturated heterocycles. The average molecular weight is 158 g/mol. The van der Waals surface area contributed by atoms with Gasteiger partial charge in [-0.05, 0) is 12.3 Å². The van der Waals surface area contributed by atoms with Gasteiger partial charge in [-0.1, -0.05) is 27.2 Å². The van der Waals surface area contributed by atoms with Crippen LogP contribution in [0.1, 0.15) is 33.6 Å². The minimum absolute atomic E-state index is 0.176. The van der Waals surface area contributed by atoms with Crippen LogP contribution >= 0.6 is 0 Å². The molecule has 0 aromatic carbocycles. The number of aliphatic hydroxyl groups is 1. The zero-order valence-corrected chi connectivity index (χ0v) is 7.58. The van der Waals surface area contributed by atoms with Crippen LogP contribution in [-0.4, -0.2) is 17.5 Å². The van der Waals surface area contributed by atoms with Crippen molar-refractivity contribution in [1.82, 2.24) is 0 Å². The maximum Gasteiger partial charge on any atom is 0.125 e. The highest BCUT2D eigenvalue weighted by atomic mass is 16.3. The third-order valence-corrected chi connectivity index (χ3v) is 2.31. The van der Waals surface area contributed by atoms with E-state index in [2.05, 4.69) is 0 Å². The van der Waals surface area contributed by atoms with Crippen LogP contribution in [0.15, 0.2) is 0 Å². The van der Waals surface area contributed by atoms with Gasteiger partial charge < -0.3 is 9.90 Å². The monoisotopic (exact) mass is 158 g/mol. The SMILES string of the molecule is CCC(C=O)C(O)[C@H](C)CC. The number of hydrogen-bond acceptors (Lipinski definition) is 2. The predicted molar refractivity (Wildman–Crippen MR) is 45.3 cm³/mol. The summed E-state index contributed by atoms with van der Waals surface area (Å²) in [6.45, 7) is 5.91. The molecule has 11 heavy (non-hydrogen) atoms. The Morgan fingerprint density at radius 2 is 1.91 bits per heavy atom. The number of aldehydes is 1. The van der Waals surface area contributed by atoms with Crippen LogP contribution in [0.3, 0.4) is 0 Å². The fourth-order valence-corrected chi connectivity index (χ4v) is 1.08. The molecule has 3 atom stereocenters. The van der Waals surface area contributed by atoms with E-state index in [1.165, 1.54) is 0 Å². The lowest BCUT2D eigenvalue weighted by atomic mass is 9.90. The molecule has 1 N–H and O–H groups in total. The summed E-state index contributed by atoms with van der Waals surface area (Å²) in [7, 11) is 0. The minimum Gasteiger partial charge on any atom is -0.392 e. The first-order valence-electron chi connectivity index (χ1n) is 4.30. The van der Waals surface area contributed by atoms with Gasteiger partial charge in [0.15, 0.2) is 0 Å². The molecule has 0 aliphatic rings. The van der Waals surface area contributed by atoms with Gasteiger partial charge in [0.1, 0.15) is 6.29 Å². The molecular formula is C9H18O2. The van der Waals surface area contributed by atoms with Gasteiger partial charge in [-0.3, -0.25) is 0 Å². The van der Waals surface area contributed by atoms with E-state index in [0.717, 1.165) is 19.1 Å². The Morgan fingerprint density at radius 3 is 2.18 bits per heavy atom. The lowest BCUT2D eigenvalue weighted by molar-refractivity contribution is -0.115. The Morgan fingerprint density at radius 1 is 1.36 bits per heavy atom. The Kier molecular flexibility index (Phi) is 5.12. The van der Waals surface area contributed by atoms with Crippen molar-refractivity contribution in [3.8, 4) is 0 Å². The van der Waals surface area contributed by atoms with Gasteiger partial charge in [0.05, 0.1) is 6.10 Å². The Balaban J connectivity index is 3.96. The van der Waals surface area contributed by atoms with Crippen molar-refractivity contribution >= 4 is 6.29 Å². The second-order valence-corrected chi connectivity index (χ2v) is 3.08. The summed E-state index contributed by atoms with van der Waals surface area (Å²) in [6, 6.07) is 0. The molecule has 0 aliphatic heterocycles. The molecule has 2 nitrogen and oxygen atoms in total. The molecule has 0 radical (unpaired) electrons. The number of carbonyl (C=O) groups excluding carboxylic acids is 1. The fourth-order valence-electron chi connectivity index (χ4n) is 1.08. The average Bonchev–Trinajstić information content (AvgIpc) is 2.05. The van der Waals surface area contributed by atoms with Gasteiger partial charge in [-0.25, -0.2) is 0 Å². The number of carbonyl (C=O) groups is 1. The third kappa shape index (κ3) is 3.02. The molecule has 0 saturated carbocycles. The van der Waals surface area contributed by atoms with Crippen LogP contribution in [0.4, 0.5) is 0 Å². The van der Waals surface area contributed by atoms with Gasteiger partial charge >= 0.3 is 0 Å². The van der Waals surface area contributed by atoms with E-state index < -0.39 is 6.10 Å². The van der Waals surface area contributed by atoms with Crippen LogP contribution in [0.2, 0.25) is 0 Å². The molecule has 0 aromatic rings. The summed E-state index contributed by atoms with van der Waals surface area (Å²) < 4.78 is 0. The molecule has 0 aliphatic carbocycles. The van der Waals surface area contributed by atoms with E-state index in [-0.39, 0.29) is 11.8 Å². The predicted octanol–water partition coefficient (Wildman–Crippen LogP) is 1.62. The molecule has 0 rings (SSSR count). The van der Waals surface area contributed by atoms with E-state index in [9.17, 15) is 9.90 Å². The molecule has 2 unspecified atom stereocenters. The molecule has 0 spiro atoms. The summed E-state index contributed by atoms with van der Waals surface area (Å²) in [6.07, 6.45) is 2.06. The molecule has 0 bridgehead atoms. The summed E-state index contributed by atoms with van der Waals surface area (Å²) >= 11 is 0. The summed E-state index contributed by atoms with van der Waals surface area (Å²) in [5.74, 6) is 0.0510. The van der Waals surface area contributed by atoms with E-state index in [0.29, 0.717) is 0 Å². The van der Waals surface area contributed by atoms with E-state index in [1.54, 1.807) is 0 Å². The standard InChI is InChI=1S/C9H18O2/c1-4-7(3)9(11)8(5-2)6-10/h6-9,11H,4-5H2,1-3H3/t7-,8?,9?/m1/s1. The minimum atomic E-state index is -0.456. The lowest BCUT2D eigenvalue weighted by Crippen LogP contribution is -2.27. The van der Waals surface area contributed by atoms with Crippen LogP contribution in [-0.2, 0) is 4.79 Å². The molecule has 0 aromatic heterocycles. The Hall–Kier alpha value is -0.370. The van der Waals surface area contributed by atoms with E-state index in [1.807, 2.05) is 20.8 Å². The fraction of sp³-hybridized carbons (Fsp3) is 0.889. The zero-order chi connectivity index (χ0) is 8.85. The lowest BCUT2D eigenvalue weighted by Gasteiger charge is -2.21. The molecule has 66 valence electrons. The second-order valence-electron chi connectivity index (χ2n) is 3.08. The Bertz CT molecular complexity index is 112. The zero-order valence-electron chi connectivity index (χ0n) is 7.58. The maximum absolute atomic E-state index is 10.4. The molecule has 0 fully saturated rings. The first kappa shape index (κ1) is 10.6. The highest BCUT2D eigenvalue weighted by Gasteiger charge is 2.21. The van der Waals surface area contributed by atoms with Crippen LogP contribution in [0.25, 0.3) is 0 Å². The van der Waals surface area contributed by atoms with Crippen LogP contribution in [0, 0.1) is 11.8 Å². The van der Waals surface area contributed by atoms with Crippen molar-refractivity contribution < 1.29 is 9.90 Å². The van der Waals surface area contributed by atoms with Gasteiger partial charge in [-0.2, -0.15) is 0 Å². The first-order chi connectivity index (χ1) is 5.17. The van der Waals surface area contributed by atoms with Gasteiger partial charge in [0.2, 0.25) is 0 Å². The van der Waals surface area contributed by atoms with Crippen molar-refractivity contribution in [2.45, 2.75) is 39.7 Å². The van der Waals surface area contributed by atoms with Crippen LogP contribution in [0.5, 0.6) is 0 Å². The van der Waals surface area contributed by atoms with Gasteiger partial charge in [0, 0.05) is 5.92 Å². The molecule has 0 heterocycles. The topological polar surface area (TPSA) is 37.3 Å². The molecule has 2 heteroatoms. The molecule has 0 amide bonds. The maximum atomic E-state index is 10.4. The first-order valence-corrected chi connectivity index (χ1v) is 4.30. The van der Waals surface area contributed by atoms with Crippen molar-refractivity contribution in [3.05, 3.63) is 0 Å². The van der Waals surface area contributed by atoms with Gasteiger partial charge in [-0.15, -0.1) is 0 Å². The molecular weight excluding hydrogens is 140 g/mol. The number of hydrogen-bond donors (Lipinski definition) is 1. The summed E-state index contributed by atoms with van der Waals surface area (Å²) in [4.78, 5) is 10.4. The largest absolute Gasteiger partial charge is 0.392 e. The van der Waals surface area contributed by atoms with Crippen molar-refractivity contribution in [3.63, 3.8) is 0 Å². The van der Waals surface area contributed by atoms with E-state index in [4.69, 9.17) is 0 Å². The number of aliphatic hydroxyl groups excluding tert-OH is 1. The normalized spacial score (nSPS) is 18.9. The van der Waals surface area contributed by atoms with Crippen molar-refractivity contribution in [2.75, 3.05) is 0 Å². The highest BCUT2D eigenvalue weighted by Crippen LogP contribution is 2.16. The second kappa shape index (κ2) is 5.30. The highest BCUT2D eigenvalue weighted by molar-refractivity contribution is 5.54. The van der Waals surface area contributed by atoms with Gasteiger partial charge in [0.25, 0.3) is 0 Å².